The van der Waals surface area contributed by atoms with Crippen LogP contribution in [0.3, 0.4) is 0 Å². The Morgan fingerprint density at radius 3 is 2.23 bits per heavy atom. The van der Waals surface area contributed by atoms with Crippen LogP contribution >= 0.6 is 0 Å². The van der Waals surface area contributed by atoms with Crippen molar-refractivity contribution in [1.82, 2.24) is 15.1 Å². The molecular weight excluding hydrogens is 382 g/mol. The zero-order chi connectivity index (χ0) is 20.7. The third-order valence-corrected chi connectivity index (χ3v) is 8.49. The molecule has 5 fully saturated rings. The molecule has 3 heterocycles. The van der Waals surface area contributed by atoms with Gasteiger partial charge < -0.3 is 19.3 Å². The van der Waals surface area contributed by atoms with E-state index in [1.807, 2.05) is 16.7 Å². The number of rotatable bonds is 3. The van der Waals surface area contributed by atoms with Crippen LogP contribution in [0.25, 0.3) is 0 Å². The van der Waals surface area contributed by atoms with Gasteiger partial charge in [-0.15, -0.1) is 0 Å². The molecule has 3 saturated heterocycles. The van der Waals surface area contributed by atoms with E-state index in [1.165, 1.54) is 32.1 Å². The van der Waals surface area contributed by atoms with Crippen LogP contribution in [0.2, 0.25) is 0 Å². The van der Waals surface area contributed by atoms with Crippen molar-refractivity contribution in [2.24, 2.45) is 23.2 Å². The Kier molecular flexibility index (Phi) is 5.80. The monoisotopic (exact) mass is 419 g/mol. The van der Waals surface area contributed by atoms with Gasteiger partial charge in [-0.1, -0.05) is 0 Å². The number of fused-ring (bicyclic) bond motifs is 1. The molecule has 7 nitrogen and oxygen atoms in total. The average Bonchev–Trinajstić information content (AvgIpc) is 3.24. The maximum absolute atomic E-state index is 13.1. The van der Waals surface area contributed by atoms with E-state index >= 15 is 0 Å². The Labute approximate surface area is 179 Å². The molecule has 2 amide bonds. The van der Waals surface area contributed by atoms with E-state index in [9.17, 15) is 9.59 Å². The maximum Gasteiger partial charge on any atom is 0.233 e. The molecule has 3 unspecified atom stereocenters. The summed E-state index contributed by atoms with van der Waals surface area (Å²) in [5, 5.41) is 3.51. The highest BCUT2D eigenvalue weighted by Crippen LogP contribution is 2.41. The molecule has 168 valence electrons. The molecule has 30 heavy (non-hydrogen) atoms. The summed E-state index contributed by atoms with van der Waals surface area (Å²) in [6.45, 7) is 6.44. The van der Waals surface area contributed by atoms with E-state index < -0.39 is 0 Å². The normalized spacial score (nSPS) is 38.6. The van der Waals surface area contributed by atoms with Gasteiger partial charge in [0.2, 0.25) is 11.8 Å². The standard InChI is InChI=1S/C23H37N3O4/c1-23(13-29-14-23)22(28)26-10-8-25(9-11-26)21(27)17-4-2-16(3-5-17)18-6-7-20-19(12-18)24-15-30-20/h16-20,24H,2-15H2,1H3. The first-order valence-electron chi connectivity index (χ1n) is 12.0. The van der Waals surface area contributed by atoms with Crippen LogP contribution in [0.15, 0.2) is 0 Å². The summed E-state index contributed by atoms with van der Waals surface area (Å²) in [6.07, 6.45) is 8.60. The Hall–Kier alpha value is -1.18. The fourth-order valence-electron chi connectivity index (χ4n) is 6.42. The molecular formula is C23H37N3O4. The number of hydrogen-bond acceptors (Lipinski definition) is 5. The van der Waals surface area contributed by atoms with Crippen LogP contribution in [0.5, 0.6) is 0 Å². The predicted octanol–water partition coefficient (Wildman–Crippen LogP) is 1.61. The van der Waals surface area contributed by atoms with Gasteiger partial charge in [0.05, 0.1) is 31.5 Å². The van der Waals surface area contributed by atoms with Crippen molar-refractivity contribution in [2.45, 2.75) is 64.0 Å². The molecule has 0 aromatic carbocycles. The lowest BCUT2D eigenvalue weighted by Gasteiger charge is -2.44. The molecule has 3 aliphatic heterocycles. The Morgan fingerprint density at radius 2 is 1.57 bits per heavy atom. The Balaban J connectivity index is 1.07. The number of piperazine rings is 1. The molecule has 0 aromatic heterocycles. The van der Waals surface area contributed by atoms with Crippen molar-refractivity contribution in [2.75, 3.05) is 46.1 Å². The van der Waals surface area contributed by atoms with Crippen LogP contribution in [0.1, 0.15) is 51.9 Å². The van der Waals surface area contributed by atoms with Crippen LogP contribution in [-0.2, 0) is 19.1 Å². The lowest BCUT2D eigenvalue weighted by atomic mass is 9.69. The zero-order valence-electron chi connectivity index (χ0n) is 18.3. The summed E-state index contributed by atoms with van der Waals surface area (Å²) >= 11 is 0. The highest BCUT2D eigenvalue weighted by atomic mass is 16.5. The highest BCUT2D eigenvalue weighted by Gasteiger charge is 2.45. The van der Waals surface area contributed by atoms with E-state index in [4.69, 9.17) is 9.47 Å². The van der Waals surface area contributed by atoms with Crippen LogP contribution in [0, 0.1) is 23.2 Å². The van der Waals surface area contributed by atoms with Crippen molar-refractivity contribution >= 4 is 11.8 Å². The minimum atomic E-state index is -0.343. The highest BCUT2D eigenvalue weighted by molar-refractivity contribution is 5.84. The minimum absolute atomic E-state index is 0.185. The number of carbonyl (C=O) groups excluding carboxylic acids is 2. The van der Waals surface area contributed by atoms with E-state index in [-0.39, 0.29) is 17.2 Å². The van der Waals surface area contributed by atoms with E-state index in [2.05, 4.69) is 5.32 Å². The van der Waals surface area contributed by atoms with Crippen molar-refractivity contribution in [1.29, 1.82) is 0 Å². The first kappa shape index (κ1) is 20.7. The summed E-state index contributed by atoms with van der Waals surface area (Å²) < 4.78 is 11.0. The zero-order valence-corrected chi connectivity index (χ0v) is 18.3. The number of nitrogens with zero attached hydrogens (tertiary/aromatic N) is 2. The quantitative estimate of drug-likeness (QED) is 0.753. The Morgan fingerprint density at radius 1 is 0.900 bits per heavy atom. The van der Waals surface area contributed by atoms with Gasteiger partial charge in [0.15, 0.2) is 0 Å². The predicted molar refractivity (Wildman–Crippen MR) is 112 cm³/mol. The minimum Gasteiger partial charge on any atom is -0.379 e. The maximum atomic E-state index is 13.1. The van der Waals surface area contributed by atoms with Gasteiger partial charge in [-0.05, 0) is 63.7 Å². The number of hydrogen-bond donors (Lipinski definition) is 1. The summed E-state index contributed by atoms with van der Waals surface area (Å²) in [5.74, 6) is 2.28. The molecule has 0 aromatic rings. The SMILES string of the molecule is CC1(C(=O)N2CCN(C(=O)C3CCC(C4CCC5OCNC5C4)CC3)CC2)COC1. The van der Waals surface area contributed by atoms with Crippen LogP contribution < -0.4 is 5.32 Å². The van der Waals surface area contributed by atoms with Gasteiger partial charge in [-0.2, -0.15) is 0 Å². The molecule has 1 N–H and O–H groups in total. The van der Waals surface area contributed by atoms with Gasteiger partial charge in [-0.3, -0.25) is 14.9 Å². The van der Waals surface area contributed by atoms with E-state index in [0.29, 0.717) is 57.4 Å². The fourth-order valence-corrected chi connectivity index (χ4v) is 6.42. The second-order valence-corrected chi connectivity index (χ2v) is 10.5. The second-order valence-electron chi connectivity index (χ2n) is 10.5. The Bertz CT molecular complexity index is 651. The summed E-state index contributed by atoms with van der Waals surface area (Å²) in [4.78, 5) is 29.7. The molecule has 3 atom stereocenters. The van der Waals surface area contributed by atoms with Crippen molar-refractivity contribution < 1.29 is 19.1 Å². The third-order valence-electron chi connectivity index (χ3n) is 8.49. The van der Waals surface area contributed by atoms with Gasteiger partial charge in [0.1, 0.15) is 0 Å². The smallest absolute Gasteiger partial charge is 0.233 e. The van der Waals surface area contributed by atoms with Crippen molar-refractivity contribution in [3.8, 4) is 0 Å². The lowest BCUT2D eigenvalue weighted by Crippen LogP contribution is -2.59. The number of ether oxygens (including phenoxy) is 2. The van der Waals surface area contributed by atoms with Crippen LogP contribution in [0.4, 0.5) is 0 Å². The first-order chi connectivity index (χ1) is 14.5. The van der Waals surface area contributed by atoms with E-state index in [1.54, 1.807) is 0 Å². The number of amides is 2. The number of nitrogens with one attached hydrogen (secondary N) is 1. The lowest BCUT2D eigenvalue weighted by molar-refractivity contribution is -0.171. The van der Waals surface area contributed by atoms with Crippen LogP contribution in [-0.4, -0.2) is 79.9 Å². The van der Waals surface area contributed by atoms with Crippen molar-refractivity contribution in [3.63, 3.8) is 0 Å². The molecule has 2 saturated carbocycles. The average molecular weight is 420 g/mol. The van der Waals surface area contributed by atoms with Gasteiger partial charge in [-0.25, -0.2) is 0 Å². The molecule has 5 aliphatic rings. The van der Waals surface area contributed by atoms with Gasteiger partial charge >= 0.3 is 0 Å². The first-order valence-corrected chi connectivity index (χ1v) is 12.0. The topological polar surface area (TPSA) is 71.1 Å². The molecule has 2 aliphatic carbocycles. The van der Waals surface area contributed by atoms with Crippen molar-refractivity contribution in [3.05, 3.63) is 0 Å². The molecule has 5 rings (SSSR count). The second kappa shape index (κ2) is 8.40. The largest absolute Gasteiger partial charge is 0.379 e. The summed E-state index contributed by atoms with van der Waals surface area (Å²) in [5.41, 5.74) is -0.343. The molecule has 0 bridgehead atoms. The summed E-state index contributed by atoms with van der Waals surface area (Å²) in [7, 11) is 0. The number of carbonyl (C=O) groups is 2. The fraction of sp³-hybridized carbons (Fsp3) is 0.913. The van der Waals surface area contributed by atoms with Gasteiger partial charge in [0, 0.05) is 38.1 Å². The third kappa shape index (κ3) is 3.89. The van der Waals surface area contributed by atoms with Gasteiger partial charge in [0.25, 0.3) is 0 Å². The van der Waals surface area contributed by atoms with E-state index in [0.717, 1.165) is 31.4 Å². The molecule has 7 heteroatoms. The molecule has 0 spiro atoms. The summed E-state index contributed by atoms with van der Waals surface area (Å²) in [6, 6.07) is 0.552. The molecule has 0 radical (unpaired) electrons.